The van der Waals surface area contributed by atoms with Crippen LogP contribution in [0.5, 0.6) is 0 Å². The third-order valence-electron chi connectivity index (χ3n) is 2.39. The highest BCUT2D eigenvalue weighted by atomic mass is 32.1. The Balaban J connectivity index is 2.30. The molecule has 1 atom stereocenters. The van der Waals surface area contributed by atoms with Gasteiger partial charge in [0.25, 0.3) is 0 Å². The predicted octanol–water partition coefficient (Wildman–Crippen LogP) is -0.297. The molecule has 20 heavy (non-hydrogen) atoms. The van der Waals surface area contributed by atoms with Gasteiger partial charge in [0.1, 0.15) is 6.04 Å². The summed E-state index contributed by atoms with van der Waals surface area (Å²) in [5, 5.41) is 16.4. The molecule has 0 aromatic carbocycles. The molecule has 9 heteroatoms. The molecule has 0 saturated heterocycles. The number of aliphatic carboxylic acids is 1. The molecule has 0 saturated carbocycles. The third kappa shape index (κ3) is 6.14. The molecule has 0 bridgehead atoms. The van der Waals surface area contributed by atoms with Crippen LogP contribution >= 0.6 is 11.3 Å². The van der Waals surface area contributed by atoms with Gasteiger partial charge in [0, 0.05) is 31.0 Å². The number of nitrogens with one attached hydrogen (secondary N) is 2. The third-order valence-corrected chi connectivity index (χ3v) is 3.23. The fourth-order valence-corrected chi connectivity index (χ4v) is 2.03. The van der Waals surface area contributed by atoms with E-state index < -0.39 is 23.9 Å². The van der Waals surface area contributed by atoms with Gasteiger partial charge in [0.05, 0.1) is 5.01 Å². The maximum absolute atomic E-state index is 11.5. The average Bonchev–Trinajstić information content (AvgIpc) is 2.87. The number of hydrogen-bond acceptors (Lipinski definition) is 5. The van der Waals surface area contributed by atoms with Gasteiger partial charge >= 0.3 is 12.0 Å². The van der Waals surface area contributed by atoms with Crippen molar-refractivity contribution in [2.24, 2.45) is 5.73 Å². The number of carbonyl (C=O) groups is 3. The van der Waals surface area contributed by atoms with Gasteiger partial charge < -0.3 is 21.5 Å². The van der Waals surface area contributed by atoms with Crippen LogP contribution in [0.2, 0.25) is 0 Å². The number of hydrogen-bond donors (Lipinski definition) is 4. The van der Waals surface area contributed by atoms with E-state index in [1.807, 2.05) is 5.38 Å². The second-order valence-corrected chi connectivity index (χ2v) is 4.95. The molecule has 0 aliphatic carbocycles. The quantitative estimate of drug-likeness (QED) is 0.523. The molecule has 0 radical (unpaired) electrons. The lowest BCUT2D eigenvalue weighted by atomic mass is 10.1. The van der Waals surface area contributed by atoms with E-state index in [0.717, 1.165) is 5.01 Å². The zero-order valence-corrected chi connectivity index (χ0v) is 11.5. The zero-order chi connectivity index (χ0) is 15.0. The van der Waals surface area contributed by atoms with E-state index >= 15 is 0 Å². The fourth-order valence-electron chi connectivity index (χ4n) is 1.41. The molecule has 5 N–H and O–H groups in total. The van der Waals surface area contributed by atoms with Gasteiger partial charge in [-0.1, -0.05) is 0 Å². The van der Waals surface area contributed by atoms with E-state index in [1.54, 1.807) is 6.20 Å². The van der Waals surface area contributed by atoms with E-state index in [9.17, 15) is 14.4 Å². The number of aromatic nitrogens is 1. The Morgan fingerprint density at radius 1 is 1.45 bits per heavy atom. The number of urea groups is 1. The summed E-state index contributed by atoms with van der Waals surface area (Å²) < 4.78 is 0. The van der Waals surface area contributed by atoms with Gasteiger partial charge in [0.2, 0.25) is 5.91 Å². The number of carboxylic acids is 1. The molecule has 1 heterocycles. The minimum absolute atomic E-state index is 0.0371. The number of carboxylic acid groups (broad SMARTS) is 1. The zero-order valence-electron chi connectivity index (χ0n) is 10.7. The molecule has 0 spiro atoms. The first-order chi connectivity index (χ1) is 9.49. The molecule has 0 fully saturated rings. The van der Waals surface area contributed by atoms with E-state index in [1.165, 1.54) is 11.3 Å². The molecule has 0 aliphatic heterocycles. The summed E-state index contributed by atoms with van der Waals surface area (Å²) in [4.78, 5) is 37.1. The number of nitrogens with two attached hydrogens (primary N) is 1. The molecule has 0 aliphatic rings. The highest BCUT2D eigenvalue weighted by Crippen LogP contribution is 2.03. The predicted molar refractivity (Wildman–Crippen MR) is 72.2 cm³/mol. The lowest BCUT2D eigenvalue weighted by molar-refractivity contribution is -0.139. The Morgan fingerprint density at radius 3 is 2.75 bits per heavy atom. The first kappa shape index (κ1) is 15.9. The lowest BCUT2D eigenvalue weighted by Crippen LogP contribution is -2.46. The van der Waals surface area contributed by atoms with Gasteiger partial charge in [-0.25, -0.2) is 14.6 Å². The van der Waals surface area contributed by atoms with Crippen LogP contribution < -0.4 is 16.4 Å². The van der Waals surface area contributed by atoms with Crippen LogP contribution in [0, 0.1) is 0 Å². The summed E-state index contributed by atoms with van der Waals surface area (Å²) >= 11 is 1.48. The van der Waals surface area contributed by atoms with Gasteiger partial charge in [0.15, 0.2) is 0 Å². The number of nitrogens with zero attached hydrogens (tertiary/aromatic N) is 1. The molecule has 0 unspecified atom stereocenters. The van der Waals surface area contributed by atoms with E-state index in [0.29, 0.717) is 13.0 Å². The van der Waals surface area contributed by atoms with E-state index in [4.69, 9.17) is 10.8 Å². The van der Waals surface area contributed by atoms with Gasteiger partial charge in [-0.05, 0) is 6.42 Å². The molecule has 1 aromatic heterocycles. The molecule has 3 amide bonds. The van der Waals surface area contributed by atoms with Crippen molar-refractivity contribution in [1.82, 2.24) is 15.6 Å². The molecule has 8 nitrogen and oxygen atoms in total. The van der Waals surface area contributed by atoms with Crippen LogP contribution in [0.25, 0.3) is 0 Å². The molecular weight excluding hydrogens is 284 g/mol. The highest BCUT2D eigenvalue weighted by Gasteiger charge is 2.20. The highest BCUT2D eigenvalue weighted by molar-refractivity contribution is 7.09. The Labute approximate surface area is 119 Å². The normalized spacial score (nSPS) is 11.6. The number of carbonyl (C=O) groups excluding carboxylic acids is 2. The lowest BCUT2D eigenvalue weighted by Gasteiger charge is -2.14. The van der Waals surface area contributed by atoms with Crippen molar-refractivity contribution in [2.75, 3.05) is 6.54 Å². The van der Waals surface area contributed by atoms with Crippen LogP contribution in [0.3, 0.4) is 0 Å². The first-order valence-corrected chi connectivity index (χ1v) is 6.81. The number of amides is 3. The summed E-state index contributed by atoms with van der Waals surface area (Å²) in [6.45, 7) is 0.349. The van der Waals surface area contributed by atoms with Crippen molar-refractivity contribution in [1.29, 1.82) is 0 Å². The topological polar surface area (TPSA) is 134 Å². The SMILES string of the molecule is NC(=O)CC[C@H](NC(=O)NCCc1nccs1)C(=O)O. The van der Waals surface area contributed by atoms with Crippen LogP contribution in [-0.4, -0.2) is 40.6 Å². The number of thiazole rings is 1. The van der Waals surface area contributed by atoms with Gasteiger partial charge in [-0.2, -0.15) is 0 Å². The molecule has 110 valence electrons. The Morgan fingerprint density at radius 2 is 2.20 bits per heavy atom. The van der Waals surface area contributed by atoms with Crippen LogP contribution in [-0.2, 0) is 16.0 Å². The largest absolute Gasteiger partial charge is 0.480 e. The van der Waals surface area contributed by atoms with Crippen LogP contribution in [0.1, 0.15) is 17.8 Å². The van der Waals surface area contributed by atoms with Crippen molar-refractivity contribution in [3.63, 3.8) is 0 Å². The van der Waals surface area contributed by atoms with Crippen molar-refractivity contribution in [3.8, 4) is 0 Å². The van der Waals surface area contributed by atoms with Crippen molar-refractivity contribution in [2.45, 2.75) is 25.3 Å². The molecular formula is C11H16N4O4S. The maximum Gasteiger partial charge on any atom is 0.326 e. The maximum atomic E-state index is 11.5. The monoisotopic (exact) mass is 300 g/mol. The standard InChI is InChI=1S/C11H16N4O4S/c12-8(16)2-1-7(10(17)18)15-11(19)14-4-3-9-13-5-6-20-9/h5-7H,1-4H2,(H2,12,16)(H,17,18)(H2,14,15,19)/t7-/m0/s1. The minimum Gasteiger partial charge on any atom is -0.480 e. The summed E-state index contributed by atoms with van der Waals surface area (Å²) in [5.74, 6) is -1.82. The average molecular weight is 300 g/mol. The summed E-state index contributed by atoms with van der Waals surface area (Å²) in [6, 6.07) is -1.74. The molecule has 1 aromatic rings. The van der Waals surface area contributed by atoms with Gasteiger partial charge in [-0.3, -0.25) is 4.79 Å². The second-order valence-electron chi connectivity index (χ2n) is 3.97. The Kier molecular flexibility index (Phi) is 6.44. The van der Waals surface area contributed by atoms with Crippen LogP contribution in [0.15, 0.2) is 11.6 Å². The second kappa shape index (κ2) is 8.10. The van der Waals surface area contributed by atoms with Gasteiger partial charge in [-0.15, -0.1) is 11.3 Å². The minimum atomic E-state index is -1.21. The summed E-state index contributed by atoms with van der Waals surface area (Å²) in [5.41, 5.74) is 4.94. The van der Waals surface area contributed by atoms with Crippen molar-refractivity contribution >= 4 is 29.2 Å². The molecule has 1 rings (SSSR count). The van der Waals surface area contributed by atoms with E-state index in [-0.39, 0.29) is 12.8 Å². The van der Waals surface area contributed by atoms with Crippen molar-refractivity contribution < 1.29 is 19.5 Å². The summed E-state index contributed by atoms with van der Waals surface area (Å²) in [6.07, 6.45) is 2.11. The smallest absolute Gasteiger partial charge is 0.326 e. The Bertz CT molecular complexity index is 463. The van der Waals surface area contributed by atoms with E-state index in [2.05, 4.69) is 15.6 Å². The first-order valence-electron chi connectivity index (χ1n) is 5.93. The Hall–Kier alpha value is -2.16. The van der Waals surface area contributed by atoms with Crippen LogP contribution in [0.4, 0.5) is 4.79 Å². The number of primary amides is 1. The number of rotatable bonds is 8. The fraction of sp³-hybridized carbons (Fsp3) is 0.455. The van der Waals surface area contributed by atoms with Crippen molar-refractivity contribution in [3.05, 3.63) is 16.6 Å². The summed E-state index contributed by atoms with van der Waals surface area (Å²) in [7, 11) is 0.